The largest absolute Gasteiger partial charge is 0.497 e. The molecule has 1 aliphatic carbocycles. The molecule has 260 valence electrons. The zero-order valence-corrected chi connectivity index (χ0v) is 29.5. The highest BCUT2D eigenvalue weighted by atomic mass is 32.2. The minimum Gasteiger partial charge on any atom is -0.497 e. The average molecular weight is 680 g/mol. The van der Waals surface area contributed by atoms with Crippen LogP contribution in [0, 0.1) is 5.92 Å². The molecule has 3 heterocycles. The third kappa shape index (κ3) is 7.12. The molecule has 2 fully saturated rings. The Labute approximate surface area is 284 Å². The molecule has 2 amide bonds. The van der Waals surface area contributed by atoms with Crippen molar-refractivity contribution in [2.75, 3.05) is 58.8 Å². The van der Waals surface area contributed by atoms with Gasteiger partial charge in [-0.1, -0.05) is 31.4 Å². The normalized spacial score (nSPS) is 24.6. The predicted molar refractivity (Wildman–Crippen MR) is 186 cm³/mol. The van der Waals surface area contributed by atoms with Crippen LogP contribution in [-0.2, 0) is 19.7 Å². The molecule has 0 spiro atoms. The van der Waals surface area contributed by atoms with Gasteiger partial charge in [0.2, 0.25) is 5.91 Å². The van der Waals surface area contributed by atoms with Crippen LogP contribution in [0.15, 0.2) is 42.0 Å². The number of benzene rings is 2. The number of carbonyl (C=O) groups is 2. The number of nitrogens with zero attached hydrogens (tertiary/aromatic N) is 3. The summed E-state index contributed by atoms with van der Waals surface area (Å²) >= 11 is 0. The van der Waals surface area contributed by atoms with E-state index in [1.165, 1.54) is 33.4 Å². The summed E-state index contributed by atoms with van der Waals surface area (Å²) in [6.45, 7) is 7.39. The van der Waals surface area contributed by atoms with Crippen molar-refractivity contribution in [3.05, 3.63) is 64.2 Å². The van der Waals surface area contributed by atoms with Crippen LogP contribution in [0.5, 0.6) is 5.75 Å². The molecule has 1 saturated carbocycles. The van der Waals surface area contributed by atoms with E-state index in [-0.39, 0.29) is 35.6 Å². The van der Waals surface area contributed by atoms with Gasteiger partial charge in [-0.15, -0.1) is 0 Å². The number of carbonyl (C=O) groups excluding carboxylic acids is 2. The van der Waals surface area contributed by atoms with Crippen LogP contribution < -0.4 is 19.7 Å². The van der Waals surface area contributed by atoms with E-state index in [9.17, 15) is 18.0 Å². The highest BCUT2D eigenvalue weighted by Crippen LogP contribution is 2.57. The topological polar surface area (TPSA) is 121 Å². The number of ether oxygens (including phenoxy) is 2. The van der Waals surface area contributed by atoms with Gasteiger partial charge in [-0.2, -0.15) is 12.7 Å². The molecule has 2 unspecified atom stereocenters. The van der Waals surface area contributed by atoms with Crippen molar-refractivity contribution >= 4 is 33.8 Å². The minimum atomic E-state index is -3.97. The second-order valence-corrected chi connectivity index (χ2v) is 15.8. The Balaban J connectivity index is 1.35. The highest BCUT2D eigenvalue weighted by molar-refractivity contribution is 7.87. The first-order chi connectivity index (χ1) is 22.9. The first kappa shape index (κ1) is 34.4. The molecular formula is C36H49N5O6S. The summed E-state index contributed by atoms with van der Waals surface area (Å²) < 4.78 is 39.7. The van der Waals surface area contributed by atoms with Crippen molar-refractivity contribution in [2.45, 2.75) is 70.1 Å². The SMILES string of the molecule is COc1ccc2c(c1)C=C(C(=O)NCCN1C[C@@H](C)O[C@@H](C)C1)CN1c3cc(C(=O)NS(=O)(=O)N(C)C)ccc3C(C3CCCCC3)C21. The Kier molecular flexibility index (Phi) is 10.2. The third-order valence-corrected chi connectivity index (χ3v) is 11.7. The smallest absolute Gasteiger partial charge is 0.303 e. The average Bonchev–Trinajstić information content (AvgIpc) is 3.26. The van der Waals surface area contributed by atoms with Crippen LogP contribution in [0.4, 0.5) is 5.69 Å². The van der Waals surface area contributed by atoms with E-state index in [4.69, 9.17) is 9.47 Å². The van der Waals surface area contributed by atoms with Gasteiger partial charge in [-0.05, 0) is 79.6 Å². The lowest BCUT2D eigenvalue weighted by Gasteiger charge is -2.36. The lowest BCUT2D eigenvalue weighted by Crippen LogP contribution is -2.48. The molecule has 6 rings (SSSR count). The Hall–Kier alpha value is -3.45. The number of amides is 2. The van der Waals surface area contributed by atoms with Gasteiger partial charge in [0.15, 0.2) is 0 Å². The van der Waals surface area contributed by atoms with E-state index in [1.807, 2.05) is 24.3 Å². The van der Waals surface area contributed by atoms with Gasteiger partial charge in [0.25, 0.3) is 5.91 Å². The van der Waals surface area contributed by atoms with Crippen molar-refractivity contribution in [3.63, 3.8) is 0 Å². The van der Waals surface area contributed by atoms with Crippen molar-refractivity contribution in [2.24, 2.45) is 5.92 Å². The number of hydrogen-bond donors (Lipinski definition) is 2. The molecule has 2 aromatic rings. The van der Waals surface area contributed by atoms with E-state index in [1.54, 1.807) is 19.2 Å². The molecule has 1 saturated heterocycles. The summed E-state index contributed by atoms with van der Waals surface area (Å²) in [5.41, 5.74) is 4.94. The Morgan fingerprint density at radius 2 is 1.69 bits per heavy atom. The zero-order valence-electron chi connectivity index (χ0n) is 28.7. The number of methoxy groups -OCH3 is 1. The fraction of sp³-hybridized carbons (Fsp3) is 0.556. The third-order valence-electron chi connectivity index (χ3n) is 10.3. The zero-order chi connectivity index (χ0) is 34.2. The van der Waals surface area contributed by atoms with E-state index in [2.05, 4.69) is 39.8 Å². The summed E-state index contributed by atoms with van der Waals surface area (Å²) in [5, 5.41) is 3.18. The second kappa shape index (κ2) is 14.2. The highest BCUT2D eigenvalue weighted by Gasteiger charge is 2.46. The lowest BCUT2D eigenvalue weighted by atomic mass is 9.73. The molecule has 11 nitrogen and oxygen atoms in total. The minimum absolute atomic E-state index is 0.0642. The first-order valence-corrected chi connectivity index (χ1v) is 18.6. The van der Waals surface area contributed by atoms with Crippen LogP contribution in [-0.4, -0.2) is 95.6 Å². The van der Waals surface area contributed by atoms with Crippen molar-refractivity contribution in [3.8, 4) is 5.75 Å². The standard InChI is InChI=1S/C36H49N5O6S/c1-23-20-40(21-24(2)47-23)16-15-37-35(42)28-17-27-18-29(46-5)12-14-30(27)34-33(25-9-7-6-8-10-25)31-13-11-26(19-32(31)41(34)22-28)36(43)38-48(44,45)39(3)4/h11-14,17-19,23-25,33-34H,6-10,15-16,20-22H2,1-5H3,(H,37,42)(H,38,43)/t23-,24+,33?,34?. The molecule has 12 heteroatoms. The Morgan fingerprint density at radius 1 is 0.979 bits per heavy atom. The van der Waals surface area contributed by atoms with Crippen molar-refractivity contribution in [1.82, 2.24) is 19.2 Å². The molecule has 0 aromatic heterocycles. The summed E-state index contributed by atoms with van der Waals surface area (Å²) in [6, 6.07) is 11.6. The number of anilines is 1. The van der Waals surface area contributed by atoms with Gasteiger partial charge in [-0.25, -0.2) is 4.72 Å². The van der Waals surface area contributed by atoms with Gasteiger partial charge >= 0.3 is 10.2 Å². The van der Waals surface area contributed by atoms with Gasteiger partial charge in [0.1, 0.15) is 5.75 Å². The van der Waals surface area contributed by atoms with E-state index in [0.29, 0.717) is 24.6 Å². The van der Waals surface area contributed by atoms with Crippen LogP contribution in [0.1, 0.15) is 85.0 Å². The second-order valence-electron chi connectivity index (χ2n) is 13.9. The van der Waals surface area contributed by atoms with Gasteiger partial charge in [-0.3, -0.25) is 14.5 Å². The first-order valence-electron chi connectivity index (χ1n) is 17.1. The number of rotatable bonds is 9. The Bertz CT molecular complexity index is 1660. The van der Waals surface area contributed by atoms with Crippen molar-refractivity contribution in [1.29, 1.82) is 0 Å². The van der Waals surface area contributed by atoms with E-state index in [0.717, 1.165) is 64.9 Å². The number of nitrogens with one attached hydrogen (secondary N) is 2. The van der Waals surface area contributed by atoms with Crippen molar-refractivity contribution < 1.29 is 27.5 Å². The number of morpholine rings is 1. The molecule has 48 heavy (non-hydrogen) atoms. The molecule has 3 aliphatic heterocycles. The van der Waals surface area contributed by atoms with Crippen LogP contribution >= 0.6 is 0 Å². The van der Waals surface area contributed by atoms with Crippen LogP contribution in [0.2, 0.25) is 0 Å². The molecule has 2 N–H and O–H groups in total. The predicted octanol–water partition coefficient (Wildman–Crippen LogP) is 4.08. The summed E-state index contributed by atoms with van der Waals surface area (Å²) in [5.74, 6) is 0.484. The molecule has 2 aromatic carbocycles. The summed E-state index contributed by atoms with van der Waals surface area (Å²) in [6.07, 6.45) is 8.10. The molecular weight excluding hydrogens is 630 g/mol. The van der Waals surface area contributed by atoms with Crippen LogP contribution in [0.25, 0.3) is 6.08 Å². The summed E-state index contributed by atoms with van der Waals surface area (Å²) in [4.78, 5) is 31.8. The maximum absolute atomic E-state index is 13.9. The number of hydrogen-bond acceptors (Lipinski definition) is 8. The fourth-order valence-corrected chi connectivity index (χ4v) is 8.62. The summed E-state index contributed by atoms with van der Waals surface area (Å²) in [7, 11) is 0.431. The van der Waals surface area contributed by atoms with Gasteiger partial charge < -0.3 is 19.7 Å². The Morgan fingerprint density at radius 3 is 2.38 bits per heavy atom. The van der Waals surface area contributed by atoms with E-state index >= 15 is 0 Å². The molecule has 4 atom stereocenters. The van der Waals surface area contributed by atoms with E-state index < -0.39 is 16.1 Å². The van der Waals surface area contributed by atoms with Gasteiger partial charge in [0.05, 0.1) is 25.4 Å². The molecule has 0 radical (unpaired) electrons. The van der Waals surface area contributed by atoms with Crippen LogP contribution in [0.3, 0.4) is 0 Å². The number of fused-ring (bicyclic) bond motifs is 5. The molecule has 0 bridgehead atoms. The van der Waals surface area contributed by atoms with Gasteiger partial charge in [0, 0.05) is 69.6 Å². The lowest BCUT2D eigenvalue weighted by molar-refractivity contribution is -0.117. The quantitative estimate of drug-likeness (QED) is 0.407. The maximum atomic E-state index is 13.9. The fourth-order valence-electron chi connectivity index (χ4n) is 8.08. The maximum Gasteiger partial charge on any atom is 0.303 e. The monoisotopic (exact) mass is 679 g/mol. The molecule has 4 aliphatic rings.